The van der Waals surface area contributed by atoms with Crippen molar-refractivity contribution in [2.75, 3.05) is 0 Å². The Morgan fingerprint density at radius 3 is 1.14 bits per heavy atom. The second kappa shape index (κ2) is 17.3. The Kier molecular flexibility index (Phi) is 36.8. The molecule has 0 rings (SSSR count). The third-order valence-corrected chi connectivity index (χ3v) is 0.341. The van der Waals surface area contributed by atoms with E-state index in [1.54, 1.807) is 0 Å². The van der Waals surface area contributed by atoms with Gasteiger partial charge in [-0.05, 0) is 0 Å². The van der Waals surface area contributed by atoms with E-state index in [1.165, 1.54) is 0 Å². The van der Waals surface area contributed by atoms with Gasteiger partial charge in [0.25, 0.3) is 0 Å². The second-order valence-corrected chi connectivity index (χ2v) is 0.986. The molecule has 0 radical (unpaired) electrons. The third kappa shape index (κ3) is 23.6. The number of rotatable bonds is 0. The van der Waals surface area contributed by atoms with Gasteiger partial charge in [-0.2, -0.15) is 0 Å². The van der Waals surface area contributed by atoms with Gasteiger partial charge in [-0.15, -0.1) is 0 Å². The van der Waals surface area contributed by atoms with Crippen molar-refractivity contribution in [2.45, 2.75) is 0 Å². The molecule has 7 nitrogen and oxygen atoms in total. The number of hydrogen-bond acceptors (Lipinski definition) is 5. The Hall–Kier alpha value is 1.92. The summed E-state index contributed by atoms with van der Waals surface area (Å²) in [6, 6.07) is 0. The molecule has 0 aliphatic heterocycles. The fourth-order valence-electron chi connectivity index (χ4n) is 0.163. The first-order valence-corrected chi connectivity index (χ1v) is 1.88. The van der Waals surface area contributed by atoms with Crippen LogP contribution in [0.4, 0.5) is 14.4 Å². The predicted octanol–water partition coefficient (Wildman–Crippen LogP) is -2.63. The van der Waals surface area contributed by atoms with Crippen molar-refractivity contribution in [1.29, 1.82) is 0 Å². The minimum atomic E-state index is -1.92. The van der Waals surface area contributed by atoms with Gasteiger partial charge in [0.1, 0.15) is 0 Å². The Morgan fingerprint density at radius 1 is 0.786 bits per heavy atom. The van der Waals surface area contributed by atoms with Gasteiger partial charge >= 0.3 is 132 Å². The molecule has 2 N–H and O–H groups in total. The van der Waals surface area contributed by atoms with E-state index in [9.17, 15) is 14.4 Å². The van der Waals surface area contributed by atoms with Crippen molar-refractivity contribution < 1.29 is 34.1 Å². The Bertz CT molecular complexity index is 168. The molecule has 0 heterocycles. The van der Waals surface area contributed by atoms with Gasteiger partial charge in [0.15, 0.2) is 0 Å². The minimum absolute atomic E-state index is 0. The molecule has 0 atom stereocenters. The van der Waals surface area contributed by atoms with Crippen LogP contribution in [0.2, 0.25) is 0 Å². The van der Waals surface area contributed by atoms with E-state index in [1.807, 2.05) is 0 Å². The average Bonchev–Trinajstić information content (AvgIpc) is 1.58. The van der Waals surface area contributed by atoms with Crippen LogP contribution < -0.4 is 0 Å². The Balaban J connectivity index is -0.0000000675. The van der Waals surface area contributed by atoms with Gasteiger partial charge in [0, 0.05) is 0 Å². The molecular weight excluding hydrogens is 242 g/mol. The Morgan fingerprint density at radius 2 is 1.00 bits per heavy atom. The first kappa shape index (κ1) is 29.7. The van der Waals surface area contributed by atoms with Gasteiger partial charge in [-0.25, -0.2) is 14.4 Å². The first-order chi connectivity index (χ1) is 4.52. The van der Waals surface area contributed by atoms with Gasteiger partial charge in [0.05, 0.1) is 0 Å². The summed E-state index contributed by atoms with van der Waals surface area (Å²) < 4.78 is 6.47. The number of ether oxygens (including phenoxy) is 2. The van der Waals surface area contributed by atoms with E-state index in [2.05, 4.69) is 9.47 Å². The summed E-state index contributed by atoms with van der Waals surface area (Å²) in [5, 5.41) is 15.4. The van der Waals surface area contributed by atoms with Gasteiger partial charge in [0.2, 0.25) is 0 Å². The summed E-state index contributed by atoms with van der Waals surface area (Å²) >= 11 is 0. The molecule has 0 aromatic heterocycles. The zero-order valence-corrected chi connectivity index (χ0v) is 4.44. The van der Waals surface area contributed by atoms with Crippen LogP contribution in [0.1, 0.15) is 0 Å². The van der Waals surface area contributed by atoms with E-state index in [0.717, 1.165) is 0 Å². The van der Waals surface area contributed by atoms with Crippen LogP contribution in [0.3, 0.4) is 0 Å². The normalized spacial score (nSPS) is 5.71. The maximum absolute atomic E-state index is 9.86. The van der Waals surface area contributed by atoms with Crippen LogP contribution >= 0.6 is 0 Å². The van der Waals surface area contributed by atoms with E-state index >= 15 is 0 Å². The summed E-state index contributed by atoms with van der Waals surface area (Å²) in [5.74, 6) is 0. The van der Waals surface area contributed by atoms with E-state index in [-0.39, 0.29) is 113 Å². The van der Waals surface area contributed by atoms with Crippen molar-refractivity contribution in [2.24, 2.45) is 0 Å². The molecule has 0 saturated carbocycles. The zero-order chi connectivity index (χ0) is 8.15. The molecule has 0 saturated heterocycles. The summed E-state index contributed by atoms with van der Waals surface area (Å²) in [6.07, 6.45) is -5.64. The molecule has 68 valence electrons. The molecule has 11 heteroatoms. The molecule has 0 spiro atoms. The monoisotopic (exact) mass is 250 g/mol. The molecule has 14 heavy (non-hydrogen) atoms. The van der Waals surface area contributed by atoms with E-state index in [0.29, 0.717) is 0 Å². The average molecular weight is 250 g/mol. The quantitative estimate of drug-likeness (QED) is 0.275. The second-order valence-electron chi connectivity index (χ2n) is 0.986. The van der Waals surface area contributed by atoms with Crippen LogP contribution in [0.5, 0.6) is 0 Å². The molecule has 0 amide bonds. The molecule has 0 aromatic carbocycles. The fourth-order valence-corrected chi connectivity index (χ4v) is 0.163. The molecule has 0 bridgehead atoms. The summed E-state index contributed by atoms with van der Waals surface area (Å²) in [4.78, 5) is 28.8. The van der Waals surface area contributed by atoms with Crippen LogP contribution in [0, 0.1) is 0 Å². The van der Waals surface area contributed by atoms with Gasteiger partial charge < -0.3 is 19.7 Å². The zero-order valence-electron chi connectivity index (χ0n) is 4.44. The van der Waals surface area contributed by atoms with E-state index in [4.69, 9.17) is 10.2 Å². The van der Waals surface area contributed by atoms with Crippen molar-refractivity contribution in [3.63, 3.8) is 0 Å². The van der Waals surface area contributed by atoms with Crippen LogP contribution in [-0.4, -0.2) is 142 Å². The van der Waals surface area contributed by atoms with Gasteiger partial charge in [-0.3, -0.25) is 0 Å². The summed E-state index contributed by atoms with van der Waals surface area (Å²) in [7, 11) is 0. The number of carboxylic acid groups (broad SMARTS) is 2. The summed E-state index contributed by atoms with van der Waals surface area (Å²) in [6.45, 7) is 0. The van der Waals surface area contributed by atoms with Gasteiger partial charge in [-0.1, -0.05) is 0 Å². The Labute approximate surface area is 163 Å². The third-order valence-electron chi connectivity index (χ3n) is 0.341. The topological polar surface area (TPSA) is 110 Å². The SMILES string of the molecule is O=C(O)OC(=O)OC(=O)O.[CaH2].[CaH2].[LiH].[LiH]. The summed E-state index contributed by atoms with van der Waals surface area (Å²) in [5.41, 5.74) is 0. The number of carbonyl (C=O) groups excluding carboxylic acids is 1. The molecular formula is C3H8Ca2Li2O7. The molecule has 0 aliphatic carbocycles. The van der Waals surface area contributed by atoms with Crippen molar-refractivity contribution in [3.8, 4) is 0 Å². The first-order valence-electron chi connectivity index (χ1n) is 1.88. The number of carbonyl (C=O) groups is 3. The standard InChI is InChI=1S/C3H2O7.2Ca.2Li.6H/c4-1(5)9-3(8)10-2(6)7;;;;;;;;;;/h(H,4,5)(H,6,7);;;;;;;;;;. The van der Waals surface area contributed by atoms with Crippen LogP contribution in [0.25, 0.3) is 0 Å². The van der Waals surface area contributed by atoms with Crippen molar-refractivity contribution in [3.05, 3.63) is 0 Å². The fraction of sp³-hybridized carbons (Fsp3) is 0. The van der Waals surface area contributed by atoms with E-state index < -0.39 is 18.5 Å². The maximum atomic E-state index is 9.86. The predicted molar refractivity (Wildman–Crippen MR) is 55.0 cm³/mol. The molecule has 0 unspecified atom stereocenters. The van der Waals surface area contributed by atoms with Crippen molar-refractivity contribution >= 4 is 132 Å². The number of hydrogen-bond donors (Lipinski definition) is 2. The molecule has 0 fully saturated rings. The molecule has 0 aliphatic rings. The molecule has 0 aromatic rings. The van der Waals surface area contributed by atoms with Crippen molar-refractivity contribution in [1.82, 2.24) is 0 Å². The van der Waals surface area contributed by atoms with Crippen LogP contribution in [0.15, 0.2) is 0 Å². The van der Waals surface area contributed by atoms with Crippen LogP contribution in [-0.2, 0) is 9.47 Å².